The molecule has 8 heteroatoms. The highest BCUT2D eigenvalue weighted by molar-refractivity contribution is 4.73. The van der Waals surface area contributed by atoms with Crippen LogP contribution in [-0.2, 0) is 0 Å². The Morgan fingerprint density at radius 3 is 1.34 bits per heavy atom. The van der Waals surface area contributed by atoms with Crippen LogP contribution in [0.25, 0.3) is 0 Å². The molecule has 0 aromatic carbocycles. The minimum Gasteiger partial charge on any atom is -0.330 e. The molecule has 362 valence electrons. The monoisotopic (exact) mass is 843 g/mol. The van der Waals surface area contributed by atoms with E-state index in [0.29, 0.717) is 5.92 Å². The molecule has 0 aromatic rings. The van der Waals surface area contributed by atoms with Crippen molar-refractivity contribution in [1.82, 2.24) is 31.9 Å². The number of hydrogen-bond acceptors (Lipinski definition) is 8. The van der Waals surface area contributed by atoms with E-state index in [1.54, 1.807) is 0 Å². The Morgan fingerprint density at radius 1 is 0.508 bits per heavy atom. The lowest BCUT2D eigenvalue weighted by Gasteiger charge is -2.22. The van der Waals surface area contributed by atoms with Gasteiger partial charge in [0, 0.05) is 12.1 Å². The predicted octanol–water partition coefficient (Wildman–Crippen LogP) is 11.0. The largest absolute Gasteiger partial charge is 0.330 e. The molecule has 0 aromatic heterocycles. The summed E-state index contributed by atoms with van der Waals surface area (Å²) in [6.07, 6.45) is 31.2. The van der Waals surface area contributed by atoms with Gasteiger partial charge in [-0.15, -0.1) is 0 Å². The van der Waals surface area contributed by atoms with Gasteiger partial charge < -0.3 is 43.4 Å². The molecule has 0 spiro atoms. The Bertz CT molecular complexity index is 609. The Balaban J connectivity index is -0.000000296. The quantitative estimate of drug-likeness (QED) is 0.0642. The molecular formula is C51H118N8. The molecule has 59 heavy (non-hydrogen) atoms. The minimum absolute atomic E-state index is 0.713. The first-order valence-electron chi connectivity index (χ1n) is 26.2. The SMILES string of the molecule is CCC(C)CN.CCC(C)CNC.CCCC1CCCCN1.CCCC1CCCN1.CCCC1CCCNC1.CCCC1CCNCC1.CCCCN.CCCCNC. The van der Waals surface area contributed by atoms with Gasteiger partial charge in [-0.1, -0.05) is 133 Å². The predicted molar refractivity (Wildman–Crippen MR) is 272 cm³/mol. The molecule has 4 heterocycles. The van der Waals surface area contributed by atoms with Crippen molar-refractivity contribution in [2.75, 3.05) is 79.5 Å². The zero-order valence-corrected chi connectivity index (χ0v) is 43.0. The van der Waals surface area contributed by atoms with Gasteiger partial charge in [0.25, 0.3) is 0 Å². The van der Waals surface area contributed by atoms with Gasteiger partial charge in [0.1, 0.15) is 0 Å². The van der Waals surface area contributed by atoms with Crippen molar-refractivity contribution in [1.29, 1.82) is 0 Å². The van der Waals surface area contributed by atoms with Gasteiger partial charge in [0.15, 0.2) is 0 Å². The number of nitrogens with two attached hydrogens (primary N) is 2. The summed E-state index contributed by atoms with van der Waals surface area (Å²) in [5.74, 6) is 3.58. The highest BCUT2D eigenvalue weighted by Crippen LogP contribution is 2.17. The average Bonchev–Trinajstić information content (AvgIpc) is 3.80. The molecule has 0 amide bonds. The van der Waals surface area contributed by atoms with Crippen molar-refractivity contribution in [3.05, 3.63) is 0 Å². The molecule has 4 saturated heterocycles. The van der Waals surface area contributed by atoms with Crippen molar-refractivity contribution < 1.29 is 0 Å². The second kappa shape index (κ2) is 57.7. The molecule has 4 aliphatic rings. The standard InChI is InChI=1S/3C8H17N.C7H15N.C6H15N.2C5H13N.C4H11N/c1-2-5-8-6-3-4-7-9-8;1-2-4-8-5-3-6-9-7-8;1-2-3-8-4-6-9-7-5-8;1-2-4-7-5-3-6-8-7;1-4-6(2)5-7-3;1-3-5(2)4-6;1-3-4-5-6-2;1-2-3-4-5/h3*8-9H,2-7H2,1H3;7-8H,2-6H2,1H3;6-7H,4-5H2,1-3H3;5H,3-4,6H2,1-2H3;6H,3-5H2,1-2H3;2-5H2,1H3. The summed E-state index contributed by atoms with van der Waals surface area (Å²) in [5.41, 5.74) is 10.4. The van der Waals surface area contributed by atoms with Crippen LogP contribution in [0.5, 0.6) is 0 Å². The van der Waals surface area contributed by atoms with Crippen LogP contribution in [0, 0.1) is 23.7 Å². The number of unbranched alkanes of at least 4 members (excludes halogenated alkanes) is 2. The van der Waals surface area contributed by atoms with Crippen molar-refractivity contribution in [2.45, 2.75) is 229 Å². The molecule has 4 rings (SSSR count). The fourth-order valence-corrected chi connectivity index (χ4v) is 7.24. The summed E-state index contributed by atoms with van der Waals surface area (Å²) < 4.78 is 0. The van der Waals surface area contributed by atoms with Crippen molar-refractivity contribution in [2.24, 2.45) is 35.1 Å². The summed E-state index contributed by atoms with van der Waals surface area (Å²) in [6.45, 7) is 33.7. The molecule has 0 bridgehead atoms. The molecule has 0 radical (unpaired) electrons. The van der Waals surface area contributed by atoms with Gasteiger partial charge in [-0.05, 0) is 187 Å². The van der Waals surface area contributed by atoms with Crippen LogP contribution >= 0.6 is 0 Å². The second-order valence-electron chi connectivity index (χ2n) is 17.9. The van der Waals surface area contributed by atoms with Crippen LogP contribution in [0.2, 0.25) is 0 Å². The molecule has 8 nitrogen and oxygen atoms in total. The van der Waals surface area contributed by atoms with Crippen LogP contribution in [0.4, 0.5) is 0 Å². The van der Waals surface area contributed by atoms with Crippen molar-refractivity contribution >= 4 is 0 Å². The number of nitrogens with one attached hydrogen (secondary N) is 6. The summed E-state index contributed by atoms with van der Waals surface area (Å²) in [4.78, 5) is 0. The third-order valence-electron chi connectivity index (χ3n) is 11.8. The van der Waals surface area contributed by atoms with E-state index < -0.39 is 0 Å². The maximum Gasteiger partial charge on any atom is 0.00674 e. The maximum absolute atomic E-state index is 5.28. The number of hydrogen-bond donors (Lipinski definition) is 8. The second-order valence-corrected chi connectivity index (χ2v) is 17.9. The molecular weight excluding hydrogens is 725 g/mol. The van der Waals surface area contributed by atoms with Crippen LogP contribution in [0.3, 0.4) is 0 Å². The molecule has 4 fully saturated rings. The van der Waals surface area contributed by atoms with Crippen LogP contribution in [0.1, 0.15) is 217 Å². The summed E-state index contributed by atoms with van der Waals surface area (Å²) in [7, 11) is 3.97. The van der Waals surface area contributed by atoms with E-state index in [4.69, 9.17) is 11.5 Å². The Labute approximate surface area is 374 Å². The third kappa shape index (κ3) is 55.7. The lowest BCUT2D eigenvalue weighted by molar-refractivity contribution is 0.351. The van der Waals surface area contributed by atoms with Gasteiger partial charge in [-0.25, -0.2) is 0 Å². The van der Waals surface area contributed by atoms with E-state index in [-0.39, 0.29) is 0 Å². The lowest BCUT2D eigenvalue weighted by atomic mass is 9.94. The molecule has 0 saturated carbocycles. The Hall–Kier alpha value is -0.320. The first-order chi connectivity index (χ1) is 28.7. The first kappa shape index (κ1) is 65.3. The smallest absolute Gasteiger partial charge is 0.00674 e. The minimum atomic E-state index is 0.713. The topological polar surface area (TPSA) is 124 Å². The molecule has 10 N–H and O–H groups in total. The zero-order chi connectivity index (χ0) is 45.0. The lowest BCUT2D eigenvalue weighted by Crippen LogP contribution is -2.33. The summed E-state index contributed by atoms with van der Waals surface area (Å²) in [5, 5.41) is 20.0. The fourth-order valence-electron chi connectivity index (χ4n) is 7.24. The van der Waals surface area contributed by atoms with Gasteiger partial charge >= 0.3 is 0 Å². The van der Waals surface area contributed by atoms with E-state index in [1.807, 2.05) is 14.1 Å². The van der Waals surface area contributed by atoms with Crippen molar-refractivity contribution in [3.63, 3.8) is 0 Å². The highest BCUT2D eigenvalue weighted by atomic mass is 14.9. The summed E-state index contributed by atoms with van der Waals surface area (Å²) in [6, 6.07) is 1.71. The maximum atomic E-state index is 5.28. The molecule has 5 unspecified atom stereocenters. The normalized spacial score (nSPS) is 20.7. The molecule has 0 aliphatic carbocycles. The first-order valence-corrected chi connectivity index (χ1v) is 26.2. The number of piperidine rings is 3. The highest BCUT2D eigenvalue weighted by Gasteiger charge is 2.12. The van der Waals surface area contributed by atoms with Crippen molar-refractivity contribution in [3.8, 4) is 0 Å². The van der Waals surface area contributed by atoms with Gasteiger partial charge in [0.2, 0.25) is 0 Å². The van der Waals surface area contributed by atoms with E-state index in [0.717, 1.165) is 56.0 Å². The van der Waals surface area contributed by atoms with Crippen LogP contribution < -0.4 is 43.4 Å². The summed E-state index contributed by atoms with van der Waals surface area (Å²) >= 11 is 0. The zero-order valence-electron chi connectivity index (χ0n) is 43.0. The van der Waals surface area contributed by atoms with Gasteiger partial charge in [-0.2, -0.15) is 0 Å². The van der Waals surface area contributed by atoms with Gasteiger partial charge in [0.05, 0.1) is 0 Å². The Kier molecular flexibility index (Phi) is 63.8. The molecule has 5 atom stereocenters. The number of rotatable bonds is 18. The third-order valence-corrected chi connectivity index (χ3v) is 11.8. The van der Waals surface area contributed by atoms with Crippen LogP contribution in [-0.4, -0.2) is 91.6 Å². The van der Waals surface area contributed by atoms with E-state index >= 15 is 0 Å². The Morgan fingerprint density at radius 2 is 1.03 bits per heavy atom. The van der Waals surface area contributed by atoms with E-state index in [2.05, 4.69) is 101 Å². The van der Waals surface area contributed by atoms with E-state index in [9.17, 15) is 0 Å². The fraction of sp³-hybridized carbons (Fsp3) is 1.00. The van der Waals surface area contributed by atoms with Crippen LogP contribution in [0.15, 0.2) is 0 Å². The molecule has 4 aliphatic heterocycles. The van der Waals surface area contributed by atoms with Gasteiger partial charge in [-0.3, -0.25) is 0 Å². The average molecular weight is 844 g/mol. The van der Waals surface area contributed by atoms with E-state index in [1.165, 1.54) is 187 Å².